The molecule has 0 fully saturated rings. The summed E-state index contributed by atoms with van der Waals surface area (Å²) in [5.74, 6) is 0.472. The van der Waals surface area contributed by atoms with Crippen molar-refractivity contribution in [2.24, 2.45) is 0 Å². The number of nitrogens with two attached hydrogens (primary N) is 1. The lowest BCUT2D eigenvalue weighted by Gasteiger charge is -2.11. The number of ether oxygens (including phenoxy) is 1. The first-order chi connectivity index (χ1) is 8.70. The number of hydrogen-bond acceptors (Lipinski definition) is 2. The van der Waals surface area contributed by atoms with Crippen LogP contribution in [0.2, 0.25) is 0 Å². The number of nitrogen functional groups attached to an aromatic ring is 1. The number of halogens is 1. The fourth-order valence-corrected chi connectivity index (χ4v) is 1.77. The minimum atomic E-state index is -0.330. The fourth-order valence-electron chi connectivity index (χ4n) is 1.77. The van der Waals surface area contributed by atoms with Crippen molar-refractivity contribution in [1.82, 2.24) is 0 Å². The Hall–Kier alpha value is -2.03. The van der Waals surface area contributed by atoms with Crippen molar-refractivity contribution in [2.45, 2.75) is 20.0 Å². The normalized spacial score (nSPS) is 10.3. The van der Waals surface area contributed by atoms with Crippen molar-refractivity contribution in [3.05, 3.63) is 59.4 Å². The van der Waals surface area contributed by atoms with Gasteiger partial charge >= 0.3 is 0 Å². The molecule has 0 aromatic heterocycles. The first-order valence-corrected chi connectivity index (χ1v) is 5.95. The number of aryl methyl sites for hydroxylation is 1. The molecule has 2 nitrogen and oxygen atoms in total. The molecule has 2 rings (SSSR count). The van der Waals surface area contributed by atoms with Crippen LogP contribution in [-0.4, -0.2) is 0 Å². The quantitative estimate of drug-likeness (QED) is 0.836. The topological polar surface area (TPSA) is 35.2 Å². The zero-order valence-electron chi connectivity index (χ0n) is 10.3. The Bertz CT molecular complexity index is 540. The number of hydrogen-bond donors (Lipinski definition) is 1. The molecule has 0 aliphatic carbocycles. The summed E-state index contributed by atoms with van der Waals surface area (Å²) in [6, 6.07) is 12.4. The Kier molecular flexibility index (Phi) is 3.82. The van der Waals surface area contributed by atoms with Crippen LogP contribution in [0.3, 0.4) is 0 Å². The number of para-hydroxylation sites is 1. The molecule has 0 aliphatic heterocycles. The molecule has 0 heterocycles. The van der Waals surface area contributed by atoms with Gasteiger partial charge in [0, 0.05) is 11.3 Å². The van der Waals surface area contributed by atoms with Crippen molar-refractivity contribution in [1.29, 1.82) is 0 Å². The molecule has 0 spiro atoms. The van der Waals surface area contributed by atoms with E-state index >= 15 is 0 Å². The zero-order chi connectivity index (χ0) is 13.0. The van der Waals surface area contributed by atoms with Crippen LogP contribution in [0.1, 0.15) is 18.1 Å². The molecule has 2 aromatic rings. The SMILES string of the molecule is CCc1ccccc1OCc1ccc(N)cc1F. The van der Waals surface area contributed by atoms with Gasteiger partial charge in [0.05, 0.1) is 0 Å². The Labute approximate surface area is 106 Å². The van der Waals surface area contributed by atoms with Crippen LogP contribution < -0.4 is 10.5 Å². The van der Waals surface area contributed by atoms with Crippen LogP contribution in [0.25, 0.3) is 0 Å². The van der Waals surface area contributed by atoms with E-state index in [1.54, 1.807) is 12.1 Å². The third-order valence-corrected chi connectivity index (χ3v) is 2.81. The summed E-state index contributed by atoms with van der Waals surface area (Å²) in [5, 5.41) is 0. The van der Waals surface area contributed by atoms with Gasteiger partial charge in [0.1, 0.15) is 18.2 Å². The maximum absolute atomic E-state index is 13.6. The first kappa shape index (κ1) is 12.4. The highest BCUT2D eigenvalue weighted by Gasteiger charge is 2.05. The van der Waals surface area contributed by atoms with E-state index in [1.165, 1.54) is 6.07 Å². The molecule has 0 aliphatic rings. The summed E-state index contributed by atoms with van der Waals surface area (Å²) in [6.45, 7) is 2.27. The summed E-state index contributed by atoms with van der Waals surface area (Å²) < 4.78 is 19.2. The second-order valence-corrected chi connectivity index (χ2v) is 4.10. The van der Waals surface area contributed by atoms with E-state index in [9.17, 15) is 4.39 Å². The second-order valence-electron chi connectivity index (χ2n) is 4.10. The predicted molar refractivity (Wildman–Crippen MR) is 71.0 cm³/mol. The molecule has 0 atom stereocenters. The van der Waals surface area contributed by atoms with Crippen molar-refractivity contribution < 1.29 is 9.13 Å². The predicted octanol–water partition coefficient (Wildman–Crippen LogP) is 3.55. The van der Waals surface area contributed by atoms with Crippen LogP contribution in [-0.2, 0) is 13.0 Å². The molecule has 0 radical (unpaired) electrons. The van der Waals surface area contributed by atoms with Gasteiger partial charge in [-0.25, -0.2) is 4.39 Å². The molecule has 2 N–H and O–H groups in total. The molecule has 0 amide bonds. The molecule has 2 aromatic carbocycles. The average Bonchev–Trinajstić information content (AvgIpc) is 2.38. The number of anilines is 1. The Morgan fingerprint density at radius 2 is 1.89 bits per heavy atom. The van der Waals surface area contributed by atoms with E-state index in [4.69, 9.17) is 10.5 Å². The molecule has 18 heavy (non-hydrogen) atoms. The van der Waals surface area contributed by atoms with Crippen LogP contribution in [0.15, 0.2) is 42.5 Å². The monoisotopic (exact) mass is 245 g/mol. The van der Waals surface area contributed by atoms with Crippen LogP contribution in [0.5, 0.6) is 5.75 Å². The highest BCUT2D eigenvalue weighted by atomic mass is 19.1. The van der Waals surface area contributed by atoms with Gasteiger partial charge in [-0.1, -0.05) is 31.2 Å². The van der Waals surface area contributed by atoms with Crippen molar-refractivity contribution >= 4 is 5.69 Å². The minimum Gasteiger partial charge on any atom is -0.489 e. The van der Waals surface area contributed by atoms with E-state index in [2.05, 4.69) is 6.92 Å². The van der Waals surface area contributed by atoms with E-state index in [0.29, 0.717) is 11.3 Å². The van der Waals surface area contributed by atoms with E-state index in [-0.39, 0.29) is 12.4 Å². The standard InChI is InChI=1S/C15H16FNO/c1-2-11-5-3-4-6-15(11)18-10-12-7-8-13(17)9-14(12)16/h3-9H,2,10,17H2,1H3. The van der Waals surface area contributed by atoms with Gasteiger partial charge < -0.3 is 10.5 Å². The molecule has 0 saturated carbocycles. The largest absolute Gasteiger partial charge is 0.489 e. The summed E-state index contributed by atoms with van der Waals surface area (Å²) in [7, 11) is 0. The van der Waals surface area contributed by atoms with Crippen LogP contribution >= 0.6 is 0 Å². The van der Waals surface area contributed by atoms with Crippen LogP contribution in [0, 0.1) is 5.82 Å². The van der Waals surface area contributed by atoms with Gasteiger partial charge in [-0.15, -0.1) is 0 Å². The third kappa shape index (κ3) is 2.80. The minimum absolute atomic E-state index is 0.211. The third-order valence-electron chi connectivity index (χ3n) is 2.81. The lowest BCUT2D eigenvalue weighted by molar-refractivity contribution is 0.297. The maximum Gasteiger partial charge on any atom is 0.131 e. The lowest BCUT2D eigenvalue weighted by atomic mass is 10.1. The van der Waals surface area contributed by atoms with Gasteiger partial charge in [-0.05, 0) is 30.2 Å². The van der Waals surface area contributed by atoms with E-state index < -0.39 is 0 Å². The molecule has 3 heteroatoms. The van der Waals surface area contributed by atoms with Crippen molar-refractivity contribution in [3.63, 3.8) is 0 Å². The van der Waals surface area contributed by atoms with Gasteiger partial charge in [-0.2, -0.15) is 0 Å². The zero-order valence-corrected chi connectivity index (χ0v) is 10.3. The van der Waals surface area contributed by atoms with E-state index in [0.717, 1.165) is 17.7 Å². The van der Waals surface area contributed by atoms with Crippen molar-refractivity contribution in [3.8, 4) is 5.75 Å². The molecule has 0 bridgehead atoms. The smallest absolute Gasteiger partial charge is 0.131 e. The van der Waals surface area contributed by atoms with Gasteiger partial charge in [-0.3, -0.25) is 0 Å². The molecular formula is C15H16FNO. The van der Waals surface area contributed by atoms with E-state index in [1.807, 2.05) is 24.3 Å². The number of benzene rings is 2. The lowest BCUT2D eigenvalue weighted by Crippen LogP contribution is -2.01. The summed E-state index contributed by atoms with van der Waals surface area (Å²) in [6.07, 6.45) is 0.889. The number of rotatable bonds is 4. The Morgan fingerprint density at radius 3 is 2.61 bits per heavy atom. The maximum atomic E-state index is 13.6. The van der Waals surface area contributed by atoms with Gasteiger partial charge in [0.2, 0.25) is 0 Å². The second kappa shape index (κ2) is 5.54. The summed E-state index contributed by atoms with van der Waals surface area (Å²) >= 11 is 0. The van der Waals surface area contributed by atoms with Gasteiger partial charge in [0.15, 0.2) is 0 Å². The highest BCUT2D eigenvalue weighted by Crippen LogP contribution is 2.21. The van der Waals surface area contributed by atoms with Crippen molar-refractivity contribution in [2.75, 3.05) is 5.73 Å². The van der Waals surface area contributed by atoms with Crippen LogP contribution in [0.4, 0.5) is 10.1 Å². The molecule has 94 valence electrons. The fraction of sp³-hybridized carbons (Fsp3) is 0.200. The molecule has 0 unspecified atom stereocenters. The Morgan fingerprint density at radius 1 is 1.11 bits per heavy atom. The first-order valence-electron chi connectivity index (χ1n) is 5.95. The molecule has 0 saturated heterocycles. The van der Waals surface area contributed by atoms with Gasteiger partial charge in [0.25, 0.3) is 0 Å². The molecular weight excluding hydrogens is 229 g/mol. The summed E-state index contributed by atoms with van der Waals surface area (Å²) in [4.78, 5) is 0. The average molecular weight is 245 g/mol. The summed E-state index contributed by atoms with van der Waals surface area (Å²) in [5.41, 5.74) is 7.55. The highest BCUT2D eigenvalue weighted by molar-refractivity contribution is 5.40. The Balaban J connectivity index is 2.11.